The fraction of sp³-hybridized carbons (Fsp3) is 0.553. The Labute approximate surface area is 547 Å². The van der Waals surface area contributed by atoms with E-state index in [1.54, 1.807) is 0 Å². The zero-order valence-electron chi connectivity index (χ0n) is 56.2. The van der Waals surface area contributed by atoms with Gasteiger partial charge in [-0.3, -0.25) is 0 Å². The Morgan fingerprint density at radius 2 is 0.543 bits per heavy atom. The van der Waals surface area contributed by atoms with Crippen LogP contribution in [0.2, 0.25) is 0 Å². The van der Waals surface area contributed by atoms with Crippen molar-refractivity contribution in [2.75, 3.05) is 67.1 Å². The Kier molecular flexibility index (Phi) is 35.3. The molecule has 0 atom stereocenters. The number of methoxy groups -OCH3 is 2. The number of rotatable bonds is 42. The van der Waals surface area contributed by atoms with E-state index in [4.69, 9.17) is 37.9 Å². The van der Waals surface area contributed by atoms with Crippen molar-refractivity contribution in [2.45, 2.75) is 207 Å². The van der Waals surface area contributed by atoms with Crippen LogP contribution in [0.4, 0.5) is 0 Å². The van der Waals surface area contributed by atoms with Crippen molar-refractivity contribution in [2.24, 2.45) is 0 Å². The Hall–Kier alpha value is -7.62. The molecule has 0 N–H and O–H groups in total. The molecule has 0 aromatic heterocycles. The van der Waals surface area contributed by atoms with Crippen LogP contribution in [0, 0.1) is 0 Å². The molecule has 1 aliphatic rings. The summed E-state index contributed by atoms with van der Waals surface area (Å²) in [7, 11) is 2.27. The van der Waals surface area contributed by atoms with Crippen LogP contribution < -0.4 is 18.9 Å². The number of carbonyl (C=O) groups is 6. The first-order chi connectivity index (χ1) is 44.8. The van der Waals surface area contributed by atoms with Crippen molar-refractivity contribution in [1.29, 1.82) is 0 Å². The summed E-state index contributed by atoms with van der Waals surface area (Å²) in [5.41, 5.74) is 12.3. The van der Waals surface area contributed by atoms with Gasteiger partial charge in [-0.2, -0.15) is 0 Å². The van der Waals surface area contributed by atoms with E-state index in [0.29, 0.717) is 50.0 Å². The van der Waals surface area contributed by atoms with E-state index in [0.717, 1.165) is 222 Å². The number of ether oxygens (including phenoxy) is 10. The molecule has 8 bridgehead atoms. The van der Waals surface area contributed by atoms with Gasteiger partial charge in [-0.05, 0) is 118 Å². The van der Waals surface area contributed by atoms with Crippen molar-refractivity contribution >= 4 is 35.8 Å². The van der Waals surface area contributed by atoms with Gasteiger partial charge in [0.1, 0.15) is 23.0 Å². The van der Waals surface area contributed by atoms with Crippen LogP contribution >= 0.6 is 0 Å². The highest BCUT2D eigenvalue weighted by atomic mass is 16.6. The van der Waals surface area contributed by atoms with Gasteiger partial charge >= 0.3 is 35.8 Å². The number of esters is 6. The van der Waals surface area contributed by atoms with Crippen LogP contribution in [-0.2, 0) is 109 Å². The molecule has 0 amide bonds. The van der Waals surface area contributed by atoms with Crippen LogP contribution in [-0.4, -0.2) is 103 Å². The molecule has 0 saturated carbocycles. The topological polar surface area (TPSA) is 195 Å². The zero-order valence-corrected chi connectivity index (χ0v) is 56.2. The largest absolute Gasteiger partial charge is 0.493 e. The molecule has 16 nitrogen and oxygen atoms in total. The molecule has 1 aliphatic carbocycles. The summed E-state index contributed by atoms with van der Waals surface area (Å²) in [5, 5.41) is 0. The molecule has 5 rings (SSSR count). The lowest BCUT2D eigenvalue weighted by Crippen LogP contribution is -2.20. The first kappa shape index (κ1) is 75.1. The van der Waals surface area contributed by atoms with Crippen LogP contribution in [0.5, 0.6) is 23.0 Å². The number of carbonyl (C=O) groups excluding carboxylic acids is 6. The van der Waals surface area contributed by atoms with E-state index < -0.39 is 35.8 Å². The number of aryl methyl sites for hydroxylation is 4. The van der Waals surface area contributed by atoms with Gasteiger partial charge in [-0.15, -0.1) is 0 Å². The number of fused-ring (bicyclic) bond motifs is 8. The van der Waals surface area contributed by atoms with Gasteiger partial charge < -0.3 is 47.4 Å². The average Bonchev–Trinajstić information content (AvgIpc) is 0.798. The third kappa shape index (κ3) is 26.2. The maximum absolute atomic E-state index is 12.5. The summed E-state index contributed by atoms with van der Waals surface area (Å²) in [6.45, 7) is 16.9. The molecule has 4 aromatic carbocycles. The summed E-state index contributed by atoms with van der Waals surface area (Å²) in [6, 6.07) is 18.2. The Bertz CT molecular complexity index is 2800. The van der Waals surface area contributed by atoms with Gasteiger partial charge in [-0.1, -0.05) is 166 Å². The van der Waals surface area contributed by atoms with Crippen molar-refractivity contribution in [3.8, 4) is 23.0 Å². The molecule has 0 spiro atoms. The maximum Gasteiger partial charge on any atom is 0.417 e. The van der Waals surface area contributed by atoms with Gasteiger partial charge in [0.15, 0.2) is 0 Å². The van der Waals surface area contributed by atoms with Gasteiger partial charge in [0.2, 0.25) is 0 Å². The monoisotopic (exact) mass is 1270 g/mol. The smallest absolute Gasteiger partial charge is 0.417 e. The number of hydrogen-bond acceptors (Lipinski definition) is 16. The highest BCUT2D eigenvalue weighted by molar-refractivity contribution is 6.30. The van der Waals surface area contributed by atoms with Crippen LogP contribution in [0.3, 0.4) is 0 Å². The van der Waals surface area contributed by atoms with Gasteiger partial charge in [0, 0.05) is 63.5 Å². The first-order valence-corrected chi connectivity index (χ1v) is 34.0. The number of unbranched alkanes of at least 4 members (excludes halogenated alkanes) is 12. The standard InChI is InChI=1S/C76H104O16/c1-9-15-19-23-31-55-43-59-51-60-44-56(32-24-20-16-10-2)46-62(70(60)88-38-28-36-86-68(78)14-6)53-64-48-58(34-26-22-18-12-4)50-66(72(64)90-40-30-42-92-76(82)74(80)84-8)54-65-49-57(33-25-21-17-11-3)47-63(71(65)89-39-29-41-91-75(81)73(79)83-7)52-61(45-55)69(59)87-37-27-35-85-67(77)13-5/h13-14,43-50H,5-6,9-12,15-42,51-54H2,1-4,7-8H3. The molecule has 0 aliphatic heterocycles. The lowest BCUT2D eigenvalue weighted by Gasteiger charge is -2.25. The molecule has 16 heteroatoms. The third-order valence-corrected chi connectivity index (χ3v) is 16.1. The van der Waals surface area contributed by atoms with Gasteiger partial charge in [0.25, 0.3) is 0 Å². The minimum Gasteiger partial charge on any atom is -0.493 e. The molecule has 504 valence electrons. The second-order valence-electron chi connectivity index (χ2n) is 23.7. The normalized spacial score (nSPS) is 11.6. The second kappa shape index (κ2) is 43.3. The minimum atomic E-state index is -1.08. The molecule has 4 aromatic rings. The maximum atomic E-state index is 12.5. The van der Waals surface area contributed by atoms with E-state index in [1.165, 1.54) is 11.1 Å². The molecule has 0 saturated heterocycles. The van der Waals surface area contributed by atoms with Crippen LogP contribution in [0.1, 0.15) is 223 Å². The van der Waals surface area contributed by atoms with Crippen LogP contribution in [0.25, 0.3) is 0 Å². The molecular formula is C76H104O16. The van der Waals surface area contributed by atoms with E-state index in [9.17, 15) is 28.8 Å². The molecular weight excluding hydrogens is 1170 g/mol. The Morgan fingerprint density at radius 1 is 0.315 bits per heavy atom. The van der Waals surface area contributed by atoms with E-state index >= 15 is 0 Å². The lowest BCUT2D eigenvalue weighted by atomic mass is 9.87. The zero-order chi connectivity index (χ0) is 66.3. The molecule has 92 heavy (non-hydrogen) atoms. The SMILES string of the molecule is C=CC(=O)OCCCOc1c2cc(CCCCCC)cc1Cc1cc(CCCCCC)cc(c1OCCCOC(=O)C(=O)OC)Cc1cc(CCCCCC)cc(c1OCCCOC(=O)C(=O)OC)Cc1cc(CCCCCC)cc(c1OCCCOC(=O)C=C)C2. The fourth-order valence-corrected chi connectivity index (χ4v) is 11.5. The first-order valence-electron chi connectivity index (χ1n) is 34.0. The average molecular weight is 1270 g/mol. The summed E-state index contributed by atoms with van der Waals surface area (Å²) in [6.07, 6.45) is 25.8. The Balaban J connectivity index is 1.91. The van der Waals surface area contributed by atoms with Crippen molar-refractivity contribution in [3.63, 3.8) is 0 Å². The lowest BCUT2D eigenvalue weighted by molar-refractivity contribution is -0.166. The summed E-state index contributed by atoms with van der Waals surface area (Å²) < 4.78 is 59.1. The predicted octanol–water partition coefficient (Wildman–Crippen LogP) is 14.8. The Morgan fingerprint density at radius 3 is 0.750 bits per heavy atom. The quantitative estimate of drug-likeness (QED) is 0.0118. The van der Waals surface area contributed by atoms with Crippen molar-refractivity contribution in [1.82, 2.24) is 0 Å². The fourth-order valence-electron chi connectivity index (χ4n) is 11.5. The van der Waals surface area contributed by atoms with Crippen molar-refractivity contribution in [3.05, 3.63) is 141 Å². The minimum absolute atomic E-state index is 0.0803. The molecule has 0 fully saturated rings. The van der Waals surface area contributed by atoms with E-state index in [2.05, 4.69) is 98.9 Å². The van der Waals surface area contributed by atoms with E-state index in [-0.39, 0.29) is 65.7 Å². The van der Waals surface area contributed by atoms with Crippen LogP contribution in [0.15, 0.2) is 73.8 Å². The second-order valence-corrected chi connectivity index (χ2v) is 23.7. The number of benzene rings is 4. The molecule has 0 unspecified atom stereocenters. The van der Waals surface area contributed by atoms with Gasteiger partial charge in [0.05, 0.1) is 67.1 Å². The highest BCUT2D eigenvalue weighted by Gasteiger charge is 2.26. The highest BCUT2D eigenvalue weighted by Crippen LogP contribution is 2.42. The molecule has 0 radical (unpaired) electrons. The van der Waals surface area contributed by atoms with Gasteiger partial charge in [-0.25, -0.2) is 28.8 Å². The van der Waals surface area contributed by atoms with Crippen molar-refractivity contribution < 1.29 is 76.1 Å². The number of hydrogen-bond donors (Lipinski definition) is 0. The summed E-state index contributed by atoms with van der Waals surface area (Å²) in [4.78, 5) is 73.6. The summed E-state index contributed by atoms with van der Waals surface area (Å²) >= 11 is 0. The predicted molar refractivity (Wildman–Crippen MR) is 357 cm³/mol. The summed E-state index contributed by atoms with van der Waals surface area (Å²) in [5.74, 6) is -2.53. The molecule has 0 heterocycles. The van der Waals surface area contributed by atoms with E-state index in [1.807, 2.05) is 0 Å². The third-order valence-electron chi connectivity index (χ3n) is 16.1.